The van der Waals surface area contributed by atoms with E-state index >= 15 is 0 Å². The molecule has 3 aromatic rings. The summed E-state index contributed by atoms with van der Waals surface area (Å²) < 4.78 is 14.9. The summed E-state index contributed by atoms with van der Waals surface area (Å²) in [6.45, 7) is 0. The average molecular weight is 268 g/mol. The molecule has 20 heavy (non-hydrogen) atoms. The molecule has 3 rings (SSSR count). The molecule has 5 heteroatoms. The number of hydrogen-bond donors (Lipinski definition) is 1. The third-order valence-electron chi connectivity index (χ3n) is 3.07. The van der Waals surface area contributed by atoms with Crippen molar-refractivity contribution in [2.45, 2.75) is 6.04 Å². The van der Waals surface area contributed by atoms with Crippen LogP contribution >= 0.6 is 0 Å². The highest BCUT2D eigenvalue weighted by atomic mass is 19.1. The van der Waals surface area contributed by atoms with Crippen molar-refractivity contribution in [3.8, 4) is 5.69 Å². The van der Waals surface area contributed by atoms with Crippen molar-refractivity contribution in [3.63, 3.8) is 0 Å². The van der Waals surface area contributed by atoms with E-state index in [4.69, 9.17) is 5.73 Å². The number of pyridine rings is 1. The van der Waals surface area contributed by atoms with Gasteiger partial charge in [-0.3, -0.25) is 4.98 Å². The summed E-state index contributed by atoms with van der Waals surface area (Å²) in [5, 5.41) is 4.28. The van der Waals surface area contributed by atoms with Gasteiger partial charge in [0.05, 0.1) is 24.1 Å². The van der Waals surface area contributed by atoms with Gasteiger partial charge in [0.2, 0.25) is 0 Å². The second-order valence-corrected chi connectivity index (χ2v) is 4.47. The van der Waals surface area contributed by atoms with Crippen LogP contribution in [0.15, 0.2) is 61.2 Å². The van der Waals surface area contributed by atoms with E-state index in [1.54, 1.807) is 17.1 Å². The molecule has 0 amide bonds. The topological polar surface area (TPSA) is 56.7 Å². The molecule has 0 aliphatic carbocycles. The van der Waals surface area contributed by atoms with E-state index in [2.05, 4.69) is 10.1 Å². The van der Waals surface area contributed by atoms with Crippen LogP contribution in [0.5, 0.6) is 0 Å². The van der Waals surface area contributed by atoms with E-state index in [-0.39, 0.29) is 0 Å². The van der Waals surface area contributed by atoms with Crippen molar-refractivity contribution in [2.75, 3.05) is 0 Å². The molecule has 1 atom stereocenters. The summed E-state index contributed by atoms with van der Waals surface area (Å²) in [6, 6.07) is 10.7. The summed E-state index contributed by atoms with van der Waals surface area (Å²) in [6.07, 6.45) is 6.24. The summed E-state index contributed by atoms with van der Waals surface area (Å²) in [7, 11) is 0. The zero-order chi connectivity index (χ0) is 13.9. The van der Waals surface area contributed by atoms with Gasteiger partial charge in [-0.2, -0.15) is 5.10 Å². The molecular formula is C15H13FN4. The monoisotopic (exact) mass is 268 g/mol. The first-order valence-corrected chi connectivity index (χ1v) is 6.20. The Morgan fingerprint density at radius 3 is 2.60 bits per heavy atom. The van der Waals surface area contributed by atoms with Gasteiger partial charge < -0.3 is 5.73 Å². The molecule has 0 fully saturated rings. The Morgan fingerprint density at radius 1 is 1.05 bits per heavy atom. The molecule has 100 valence electrons. The van der Waals surface area contributed by atoms with Crippen molar-refractivity contribution in [1.82, 2.24) is 14.8 Å². The molecule has 0 saturated carbocycles. The maximum Gasteiger partial charge on any atom is 0.141 e. The van der Waals surface area contributed by atoms with Gasteiger partial charge in [0.15, 0.2) is 0 Å². The number of aromatic nitrogens is 3. The number of para-hydroxylation sites is 1. The zero-order valence-electron chi connectivity index (χ0n) is 10.6. The van der Waals surface area contributed by atoms with Gasteiger partial charge in [-0.15, -0.1) is 0 Å². The van der Waals surface area contributed by atoms with Gasteiger partial charge in [0.1, 0.15) is 5.82 Å². The molecule has 0 spiro atoms. The normalized spacial score (nSPS) is 12.3. The molecule has 0 radical (unpaired) electrons. The summed E-state index contributed by atoms with van der Waals surface area (Å²) in [4.78, 5) is 3.81. The van der Waals surface area contributed by atoms with Crippen LogP contribution in [-0.2, 0) is 0 Å². The maximum absolute atomic E-state index is 13.2. The van der Waals surface area contributed by atoms with E-state index in [9.17, 15) is 4.39 Å². The average Bonchev–Trinajstić information content (AvgIpc) is 2.97. The van der Waals surface area contributed by atoms with Crippen LogP contribution in [0.4, 0.5) is 4.39 Å². The number of nitrogens with two attached hydrogens (primary N) is 1. The molecule has 2 N–H and O–H groups in total. The number of halogens is 1. The first-order valence-electron chi connectivity index (χ1n) is 6.20. The molecule has 2 heterocycles. The molecular weight excluding hydrogens is 255 g/mol. The third-order valence-corrected chi connectivity index (χ3v) is 3.07. The second-order valence-electron chi connectivity index (χ2n) is 4.47. The van der Waals surface area contributed by atoms with E-state index in [0.29, 0.717) is 5.56 Å². The predicted molar refractivity (Wildman–Crippen MR) is 73.8 cm³/mol. The minimum Gasteiger partial charge on any atom is -0.320 e. The van der Waals surface area contributed by atoms with Gasteiger partial charge >= 0.3 is 0 Å². The molecule has 1 aromatic carbocycles. The third kappa shape index (κ3) is 2.44. The van der Waals surface area contributed by atoms with Crippen LogP contribution in [0.2, 0.25) is 0 Å². The smallest absolute Gasteiger partial charge is 0.141 e. The van der Waals surface area contributed by atoms with Crippen molar-refractivity contribution in [3.05, 3.63) is 78.1 Å². The number of hydrogen-bond acceptors (Lipinski definition) is 3. The lowest BCUT2D eigenvalue weighted by molar-refractivity contribution is 0.616. The van der Waals surface area contributed by atoms with Crippen molar-refractivity contribution in [1.29, 1.82) is 0 Å². The van der Waals surface area contributed by atoms with E-state index in [1.807, 2.05) is 36.5 Å². The molecule has 0 aliphatic rings. The lowest BCUT2D eigenvalue weighted by atomic mass is 10.1. The van der Waals surface area contributed by atoms with Crippen molar-refractivity contribution < 1.29 is 4.39 Å². The largest absolute Gasteiger partial charge is 0.320 e. The van der Waals surface area contributed by atoms with Crippen LogP contribution in [0, 0.1) is 5.82 Å². The fourth-order valence-electron chi connectivity index (χ4n) is 2.01. The Kier molecular flexibility index (Phi) is 3.26. The zero-order valence-corrected chi connectivity index (χ0v) is 10.6. The van der Waals surface area contributed by atoms with Crippen LogP contribution in [0.3, 0.4) is 0 Å². The number of rotatable bonds is 3. The quantitative estimate of drug-likeness (QED) is 0.793. The highest BCUT2D eigenvalue weighted by Gasteiger charge is 2.12. The van der Waals surface area contributed by atoms with Gasteiger partial charge in [-0.05, 0) is 23.8 Å². The highest BCUT2D eigenvalue weighted by molar-refractivity contribution is 5.33. The molecule has 0 aliphatic heterocycles. The Balaban J connectivity index is 1.90. The lowest BCUT2D eigenvalue weighted by Gasteiger charge is -2.09. The molecule has 0 saturated heterocycles. The van der Waals surface area contributed by atoms with Crippen LogP contribution in [0.1, 0.15) is 17.2 Å². The summed E-state index contributed by atoms with van der Waals surface area (Å²) in [5.74, 6) is -0.395. The fourth-order valence-corrected chi connectivity index (χ4v) is 2.01. The van der Waals surface area contributed by atoms with E-state index < -0.39 is 11.9 Å². The number of nitrogens with zero attached hydrogens (tertiary/aromatic N) is 3. The van der Waals surface area contributed by atoms with Crippen LogP contribution in [-0.4, -0.2) is 14.8 Å². The van der Waals surface area contributed by atoms with Gasteiger partial charge in [-0.1, -0.05) is 18.2 Å². The first kappa shape index (κ1) is 12.5. The minimum absolute atomic E-state index is 0.395. The number of benzene rings is 1. The Labute approximate surface area is 115 Å². The Hall–Kier alpha value is -2.53. The van der Waals surface area contributed by atoms with Crippen LogP contribution < -0.4 is 5.73 Å². The Morgan fingerprint density at radius 2 is 1.85 bits per heavy atom. The highest BCUT2D eigenvalue weighted by Crippen LogP contribution is 2.20. The standard InChI is InChI=1S/C15H13FN4/c16-13-6-11(7-18-9-13)15(17)12-8-19-20(10-12)14-4-2-1-3-5-14/h1-10,15H,17H2. The van der Waals surface area contributed by atoms with Crippen molar-refractivity contribution in [2.24, 2.45) is 5.73 Å². The van der Waals surface area contributed by atoms with Crippen LogP contribution in [0.25, 0.3) is 5.69 Å². The summed E-state index contributed by atoms with van der Waals surface area (Å²) >= 11 is 0. The van der Waals surface area contributed by atoms with Gasteiger partial charge in [0, 0.05) is 18.0 Å². The molecule has 0 bridgehead atoms. The second kappa shape index (κ2) is 5.22. The van der Waals surface area contributed by atoms with Crippen molar-refractivity contribution >= 4 is 0 Å². The molecule has 1 unspecified atom stereocenters. The van der Waals surface area contributed by atoms with Gasteiger partial charge in [-0.25, -0.2) is 9.07 Å². The maximum atomic E-state index is 13.2. The van der Waals surface area contributed by atoms with Gasteiger partial charge in [0.25, 0.3) is 0 Å². The van der Waals surface area contributed by atoms with E-state index in [1.165, 1.54) is 6.07 Å². The fraction of sp³-hybridized carbons (Fsp3) is 0.0667. The molecule has 4 nitrogen and oxygen atoms in total. The minimum atomic E-state index is -0.448. The van der Waals surface area contributed by atoms with E-state index in [0.717, 1.165) is 17.4 Å². The summed E-state index contributed by atoms with van der Waals surface area (Å²) in [5.41, 5.74) is 8.49. The Bertz CT molecular complexity index is 709. The predicted octanol–water partition coefficient (Wildman–Crippen LogP) is 2.45. The SMILES string of the molecule is NC(c1cncc(F)c1)c1cnn(-c2ccccc2)c1. The first-order chi connectivity index (χ1) is 9.74. The lowest BCUT2D eigenvalue weighted by Crippen LogP contribution is -2.11. The molecule has 2 aromatic heterocycles.